The highest BCUT2D eigenvalue weighted by Crippen LogP contribution is 2.17. The largest absolute Gasteiger partial charge is 0.462 e. The van der Waals surface area contributed by atoms with Crippen LogP contribution < -0.4 is 0 Å². The Morgan fingerprint density at radius 1 is 0.328 bits per heavy atom. The van der Waals surface area contributed by atoms with Gasteiger partial charge >= 0.3 is 11.9 Å². The predicted octanol–water partition coefficient (Wildman–Crippen LogP) is 19.8. The lowest BCUT2D eigenvalue weighted by Crippen LogP contribution is -2.30. The summed E-state index contributed by atoms with van der Waals surface area (Å²) in [6.07, 6.45) is 65.2. The van der Waals surface area contributed by atoms with Crippen LogP contribution in [0.2, 0.25) is 0 Å². The molecule has 0 radical (unpaired) electrons. The van der Waals surface area contributed by atoms with Gasteiger partial charge in [-0.1, -0.05) is 283 Å². The predicted molar refractivity (Wildman–Crippen MR) is 279 cm³/mol. The summed E-state index contributed by atoms with van der Waals surface area (Å²) in [7, 11) is 0. The number of unbranched alkanes of at least 4 members (excludes halogenated alkanes) is 42. The minimum atomic E-state index is -0.531. The lowest BCUT2D eigenvalue weighted by Gasteiger charge is -2.18. The third kappa shape index (κ3) is 53.3. The molecule has 0 N–H and O–H groups in total. The molecule has 0 rings (SSSR count). The molecule has 0 aromatic heterocycles. The second-order valence-corrected chi connectivity index (χ2v) is 19.9. The third-order valence-electron chi connectivity index (χ3n) is 13.3. The van der Waals surface area contributed by atoms with E-state index in [1.807, 2.05) is 0 Å². The lowest BCUT2D eigenvalue weighted by atomic mass is 10.0. The van der Waals surface area contributed by atoms with Gasteiger partial charge in [-0.2, -0.15) is 0 Å². The lowest BCUT2D eigenvalue weighted by molar-refractivity contribution is -0.163. The van der Waals surface area contributed by atoms with Gasteiger partial charge in [-0.3, -0.25) is 9.59 Å². The maximum atomic E-state index is 12.8. The molecule has 0 aliphatic carbocycles. The van der Waals surface area contributed by atoms with Crippen LogP contribution in [0.25, 0.3) is 0 Å². The smallest absolute Gasteiger partial charge is 0.306 e. The molecule has 380 valence electrons. The van der Waals surface area contributed by atoms with Crippen LogP contribution in [-0.2, 0) is 23.8 Å². The van der Waals surface area contributed by atoms with Crippen molar-refractivity contribution in [2.45, 2.75) is 335 Å². The van der Waals surface area contributed by atoms with Gasteiger partial charge < -0.3 is 14.2 Å². The molecular formula is C59H114O5. The van der Waals surface area contributed by atoms with Crippen molar-refractivity contribution in [3.8, 4) is 0 Å². The number of allylic oxidation sites excluding steroid dienone is 2. The molecule has 0 aromatic rings. The molecule has 5 heteroatoms. The fourth-order valence-corrected chi connectivity index (χ4v) is 8.92. The van der Waals surface area contributed by atoms with Crippen molar-refractivity contribution in [2.24, 2.45) is 0 Å². The van der Waals surface area contributed by atoms with Crippen LogP contribution in [0.15, 0.2) is 12.2 Å². The van der Waals surface area contributed by atoms with Crippen molar-refractivity contribution in [2.75, 3.05) is 19.8 Å². The Bertz CT molecular complexity index is 932. The normalized spacial score (nSPS) is 12.1. The van der Waals surface area contributed by atoms with Gasteiger partial charge in [0.05, 0.1) is 6.61 Å². The molecule has 5 nitrogen and oxygen atoms in total. The second-order valence-electron chi connectivity index (χ2n) is 19.9. The Morgan fingerprint density at radius 2 is 0.609 bits per heavy atom. The number of esters is 2. The zero-order valence-electron chi connectivity index (χ0n) is 43.8. The van der Waals surface area contributed by atoms with Crippen LogP contribution in [0.1, 0.15) is 329 Å². The number of rotatable bonds is 55. The average Bonchev–Trinajstić information content (AvgIpc) is 3.30. The molecule has 64 heavy (non-hydrogen) atoms. The van der Waals surface area contributed by atoms with Gasteiger partial charge in [0.15, 0.2) is 6.10 Å². The molecule has 0 aliphatic rings. The van der Waals surface area contributed by atoms with E-state index in [9.17, 15) is 9.59 Å². The van der Waals surface area contributed by atoms with E-state index in [1.54, 1.807) is 0 Å². The van der Waals surface area contributed by atoms with Crippen LogP contribution in [0.4, 0.5) is 0 Å². The average molecular weight is 904 g/mol. The highest BCUT2D eigenvalue weighted by Gasteiger charge is 2.17. The van der Waals surface area contributed by atoms with Crippen molar-refractivity contribution in [3.05, 3.63) is 12.2 Å². The third-order valence-corrected chi connectivity index (χ3v) is 13.3. The maximum Gasteiger partial charge on any atom is 0.306 e. The monoisotopic (exact) mass is 903 g/mol. The summed E-state index contributed by atoms with van der Waals surface area (Å²) in [5.74, 6) is -0.380. The van der Waals surface area contributed by atoms with Crippen LogP contribution in [-0.4, -0.2) is 37.9 Å². The van der Waals surface area contributed by atoms with E-state index in [4.69, 9.17) is 14.2 Å². The summed E-state index contributed by atoms with van der Waals surface area (Å²) in [6.45, 7) is 7.90. The van der Waals surface area contributed by atoms with Gasteiger partial charge in [-0.25, -0.2) is 0 Å². The van der Waals surface area contributed by atoms with Gasteiger partial charge in [0, 0.05) is 19.4 Å². The van der Waals surface area contributed by atoms with Crippen LogP contribution in [0, 0.1) is 0 Å². The second kappa shape index (κ2) is 56.0. The van der Waals surface area contributed by atoms with E-state index in [1.165, 1.54) is 250 Å². The number of hydrogen-bond acceptors (Lipinski definition) is 5. The van der Waals surface area contributed by atoms with E-state index < -0.39 is 6.10 Å². The fourth-order valence-electron chi connectivity index (χ4n) is 8.92. The van der Waals surface area contributed by atoms with Gasteiger partial charge in [-0.05, 0) is 44.9 Å². The summed E-state index contributed by atoms with van der Waals surface area (Å²) >= 11 is 0. The topological polar surface area (TPSA) is 61.8 Å². The first-order valence-electron chi connectivity index (χ1n) is 29.2. The quantitative estimate of drug-likeness (QED) is 0.0346. The van der Waals surface area contributed by atoms with Crippen molar-refractivity contribution >= 4 is 11.9 Å². The zero-order valence-corrected chi connectivity index (χ0v) is 43.8. The molecule has 0 spiro atoms. The Labute approximate surface area is 401 Å². The van der Waals surface area contributed by atoms with Crippen LogP contribution in [0.5, 0.6) is 0 Å². The molecule has 0 heterocycles. The molecule has 0 bridgehead atoms. The number of ether oxygens (including phenoxy) is 3. The molecule has 0 fully saturated rings. The Hall–Kier alpha value is -1.36. The molecule has 0 saturated heterocycles. The molecule has 1 atom stereocenters. The Kier molecular flexibility index (Phi) is 54.8. The Balaban J connectivity index is 4.18. The maximum absolute atomic E-state index is 12.8. The van der Waals surface area contributed by atoms with Gasteiger partial charge in [-0.15, -0.1) is 0 Å². The summed E-state index contributed by atoms with van der Waals surface area (Å²) in [5.41, 5.74) is 0. The highest BCUT2D eigenvalue weighted by atomic mass is 16.6. The van der Waals surface area contributed by atoms with Crippen molar-refractivity contribution in [1.29, 1.82) is 0 Å². The molecule has 0 amide bonds. The number of carbonyl (C=O) groups excluding carboxylic acids is 2. The standard InChI is InChI=1S/C59H114O5/c1-4-7-10-13-16-19-22-25-28-29-30-31-33-34-37-40-43-46-49-52-58(60)63-56-57(55-62-54-51-48-45-42-39-36-27-24-21-18-15-12-9-6-3)64-59(61)53-50-47-44-41-38-35-32-26-23-20-17-14-11-8-5-2/h26,32,57H,4-25,27-31,33-56H2,1-3H3/b32-26-. The molecule has 0 aromatic carbocycles. The summed E-state index contributed by atoms with van der Waals surface area (Å²) < 4.78 is 17.5. The fraction of sp³-hybridized carbons (Fsp3) is 0.932. The first-order valence-corrected chi connectivity index (χ1v) is 29.2. The van der Waals surface area contributed by atoms with Gasteiger partial charge in [0.1, 0.15) is 6.61 Å². The molecular weight excluding hydrogens is 789 g/mol. The summed E-state index contributed by atoms with van der Waals surface area (Å²) in [5, 5.41) is 0. The minimum Gasteiger partial charge on any atom is -0.462 e. The van der Waals surface area contributed by atoms with Crippen molar-refractivity contribution < 1.29 is 23.8 Å². The van der Waals surface area contributed by atoms with E-state index in [2.05, 4.69) is 32.9 Å². The van der Waals surface area contributed by atoms with E-state index in [0.29, 0.717) is 26.1 Å². The summed E-state index contributed by atoms with van der Waals surface area (Å²) in [6, 6.07) is 0. The number of hydrogen-bond donors (Lipinski definition) is 0. The minimum absolute atomic E-state index is 0.0921. The molecule has 0 aliphatic heterocycles. The van der Waals surface area contributed by atoms with Crippen LogP contribution >= 0.6 is 0 Å². The first-order chi connectivity index (χ1) is 31.6. The molecule has 1 unspecified atom stereocenters. The SMILES string of the molecule is CCCCCCCC/C=C\CCCCCCCC(=O)OC(COCCCCCCCCCCCCCCCC)COC(=O)CCCCCCCCCCCCCCCCCCCCC. The first kappa shape index (κ1) is 62.6. The van der Waals surface area contributed by atoms with Crippen molar-refractivity contribution in [1.82, 2.24) is 0 Å². The van der Waals surface area contributed by atoms with E-state index in [-0.39, 0.29) is 18.5 Å². The van der Waals surface area contributed by atoms with E-state index >= 15 is 0 Å². The zero-order chi connectivity index (χ0) is 46.3. The number of carbonyl (C=O) groups is 2. The van der Waals surface area contributed by atoms with Crippen LogP contribution in [0.3, 0.4) is 0 Å². The Morgan fingerprint density at radius 3 is 0.953 bits per heavy atom. The molecule has 0 saturated carbocycles. The van der Waals surface area contributed by atoms with Gasteiger partial charge in [0.2, 0.25) is 0 Å². The van der Waals surface area contributed by atoms with Gasteiger partial charge in [0.25, 0.3) is 0 Å². The highest BCUT2D eigenvalue weighted by molar-refractivity contribution is 5.70. The van der Waals surface area contributed by atoms with Crippen molar-refractivity contribution in [3.63, 3.8) is 0 Å². The summed E-state index contributed by atoms with van der Waals surface area (Å²) in [4.78, 5) is 25.5. The van der Waals surface area contributed by atoms with E-state index in [0.717, 1.165) is 44.9 Å².